The van der Waals surface area contributed by atoms with E-state index in [0.717, 1.165) is 26.5 Å². The Labute approximate surface area is 108 Å². The molecule has 1 aromatic heterocycles. The molecule has 1 aromatic carbocycles. The van der Waals surface area contributed by atoms with Gasteiger partial charge in [-0.2, -0.15) is 0 Å². The van der Waals surface area contributed by atoms with Crippen molar-refractivity contribution in [3.05, 3.63) is 45.8 Å². The molecule has 0 unspecified atom stereocenters. The van der Waals surface area contributed by atoms with E-state index in [9.17, 15) is 0 Å². The lowest BCUT2D eigenvalue weighted by Crippen LogP contribution is -1.93. The van der Waals surface area contributed by atoms with Crippen LogP contribution in [-0.2, 0) is 0 Å². The van der Waals surface area contributed by atoms with Crippen LogP contribution in [0.25, 0.3) is 0 Å². The Hall–Kier alpha value is -1.30. The van der Waals surface area contributed by atoms with Gasteiger partial charge in [-0.25, -0.2) is 0 Å². The van der Waals surface area contributed by atoms with E-state index in [1.165, 1.54) is 0 Å². The molecule has 0 amide bonds. The fourth-order valence-electron chi connectivity index (χ4n) is 1.30. The van der Waals surface area contributed by atoms with Crippen LogP contribution in [0.5, 0.6) is 11.5 Å². The van der Waals surface area contributed by atoms with Gasteiger partial charge in [0.05, 0.1) is 9.26 Å². The number of aryl methyl sites for hydroxylation is 1. The minimum Gasteiger partial charge on any atom is -0.454 e. The summed E-state index contributed by atoms with van der Waals surface area (Å²) in [6, 6.07) is 9.32. The Morgan fingerprint density at radius 3 is 2.75 bits per heavy atom. The van der Waals surface area contributed by atoms with E-state index in [4.69, 9.17) is 10.5 Å². The highest BCUT2D eigenvalue weighted by atomic mass is 127. The van der Waals surface area contributed by atoms with E-state index < -0.39 is 0 Å². The first kappa shape index (κ1) is 11.2. The largest absolute Gasteiger partial charge is 0.454 e. The predicted octanol–water partition coefficient (Wildman–Crippen LogP) is 3.37. The van der Waals surface area contributed by atoms with Crippen molar-refractivity contribution in [1.29, 1.82) is 0 Å². The molecule has 2 aromatic rings. The van der Waals surface area contributed by atoms with Gasteiger partial charge in [-0.15, -0.1) is 0 Å². The highest BCUT2D eigenvalue weighted by Crippen LogP contribution is 2.29. The van der Waals surface area contributed by atoms with Gasteiger partial charge < -0.3 is 10.5 Å². The summed E-state index contributed by atoms with van der Waals surface area (Å²) in [6.45, 7) is 1.92. The van der Waals surface area contributed by atoms with Crippen molar-refractivity contribution in [2.45, 2.75) is 6.92 Å². The fraction of sp³-hybridized carbons (Fsp3) is 0.0833. The quantitative estimate of drug-likeness (QED) is 0.680. The molecule has 0 fully saturated rings. The first-order chi connectivity index (χ1) is 7.66. The van der Waals surface area contributed by atoms with E-state index in [2.05, 4.69) is 27.6 Å². The van der Waals surface area contributed by atoms with Gasteiger partial charge in [0.2, 0.25) is 0 Å². The van der Waals surface area contributed by atoms with Crippen molar-refractivity contribution in [3.8, 4) is 11.5 Å². The zero-order valence-electron chi connectivity index (χ0n) is 8.77. The maximum Gasteiger partial charge on any atom is 0.148 e. The standard InChI is InChI=1S/C12H11IN2O/c1-8-11(3-2-6-15-8)16-12-5-4-9(14)7-10(12)13/h2-7H,14H2,1H3. The lowest BCUT2D eigenvalue weighted by molar-refractivity contribution is 0.472. The summed E-state index contributed by atoms with van der Waals surface area (Å²) < 4.78 is 6.76. The maximum absolute atomic E-state index is 5.77. The Kier molecular flexibility index (Phi) is 3.28. The molecule has 0 atom stereocenters. The maximum atomic E-state index is 5.77. The van der Waals surface area contributed by atoms with Gasteiger partial charge >= 0.3 is 0 Å². The second kappa shape index (κ2) is 4.69. The Morgan fingerprint density at radius 2 is 2.06 bits per heavy atom. The Bertz CT molecular complexity index is 514. The average molecular weight is 326 g/mol. The number of hydrogen-bond acceptors (Lipinski definition) is 3. The highest BCUT2D eigenvalue weighted by Gasteiger charge is 2.05. The number of nitrogens with zero attached hydrogens (tertiary/aromatic N) is 1. The van der Waals surface area contributed by atoms with Crippen LogP contribution in [0.15, 0.2) is 36.5 Å². The molecule has 2 rings (SSSR count). The van der Waals surface area contributed by atoms with E-state index in [-0.39, 0.29) is 0 Å². The molecule has 0 spiro atoms. The molecule has 0 aliphatic carbocycles. The highest BCUT2D eigenvalue weighted by molar-refractivity contribution is 14.1. The second-order valence-corrected chi connectivity index (χ2v) is 4.54. The van der Waals surface area contributed by atoms with Gasteiger partial charge in [0.25, 0.3) is 0 Å². The van der Waals surface area contributed by atoms with Crippen LogP contribution in [0.2, 0.25) is 0 Å². The van der Waals surface area contributed by atoms with Gasteiger partial charge in [0.15, 0.2) is 0 Å². The summed E-state index contributed by atoms with van der Waals surface area (Å²) >= 11 is 2.20. The van der Waals surface area contributed by atoms with Gasteiger partial charge in [0.1, 0.15) is 11.5 Å². The van der Waals surface area contributed by atoms with Crippen LogP contribution in [-0.4, -0.2) is 4.98 Å². The van der Waals surface area contributed by atoms with Crippen molar-refractivity contribution < 1.29 is 4.74 Å². The fourth-order valence-corrected chi connectivity index (χ4v) is 1.95. The first-order valence-corrected chi connectivity index (χ1v) is 5.89. The summed E-state index contributed by atoms with van der Waals surface area (Å²) in [5.74, 6) is 1.57. The number of nitrogen functional groups attached to an aromatic ring is 1. The molecule has 2 N–H and O–H groups in total. The second-order valence-electron chi connectivity index (χ2n) is 3.38. The Morgan fingerprint density at radius 1 is 1.25 bits per heavy atom. The molecule has 82 valence electrons. The number of pyridine rings is 1. The third-order valence-corrected chi connectivity index (χ3v) is 2.98. The monoisotopic (exact) mass is 326 g/mol. The summed E-state index contributed by atoms with van der Waals surface area (Å²) in [5.41, 5.74) is 7.28. The molecular weight excluding hydrogens is 315 g/mol. The van der Waals surface area contributed by atoms with Crippen molar-refractivity contribution in [2.24, 2.45) is 0 Å². The first-order valence-electron chi connectivity index (χ1n) is 4.81. The lowest BCUT2D eigenvalue weighted by Gasteiger charge is -2.09. The van der Waals surface area contributed by atoms with Crippen LogP contribution in [0, 0.1) is 10.5 Å². The lowest BCUT2D eigenvalue weighted by atomic mass is 10.3. The van der Waals surface area contributed by atoms with Crippen molar-refractivity contribution in [2.75, 3.05) is 5.73 Å². The number of hydrogen-bond donors (Lipinski definition) is 1. The van der Waals surface area contributed by atoms with Crippen LogP contribution < -0.4 is 10.5 Å². The molecule has 0 bridgehead atoms. The number of halogens is 1. The van der Waals surface area contributed by atoms with Gasteiger partial charge in [0, 0.05) is 11.9 Å². The summed E-state index contributed by atoms with van der Waals surface area (Å²) in [7, 11) is 0. The van der Waals surface area contributed by atoms with Crippen LogP contribution in [0.3, 0.4) is 0 Å². The molecule has 0 saturated carbocycles. The molecule has 0 saturated heterocycles. The number of benzene rings is 1. The molecule has 4 heteroatoms. The molecule has 1 heterocycles. The number of ether oxygens (including phenoxy) is 1. The number of aromatic nitrogens is 1. The summed E-state index contributed by atoms with van der Waals surface area (Å²) in [5, 5.41) is 0. The third kappa shape index (κ3) is 2.44. The molecule has 0 aliphatic heterocycles. The third-order valence-electron chi connectivity index (χ3n) is 2.13. The predicted molar refractivity (Wildman–Crippen MR) is 72.6 cm³/mol. The smallest absolute Gasteiger partial charge is 0.148 e. The average Bonchev–Trinajstić information content (AvgIpc) is 2.25. The summed E-state index contributed by atoms with van der Waals surface area (Å²) in [4.78, 5) is 4.17. The van der Waals surface area contributed by atoms with Crippen LogP contribution >= 0.6 is 22.6 Å². The number of nitrogens with two attached hydrogens (primary N) is 1. The van der Waals surface area contributed by atoms with E-state index in [1.807, 2.05) is 37.3 Å². The topological polar surface area (TPSA) is 48.1 Å². The minimum atomic E-state index is 0.736. The van der Waals surface area contributed by atoms with E-state index >= 15 is 0 Å². The zero-order valence-corrected chi connectivity index (χ0v) is 10.9. The summed E-state index contributed by atoms with van der Waals surface area (Å²) in [6.07, 6.45) is 1.75. The molecule has 0 radical (unpaired) electrons. The normalized spacial score (nSPS) is 10.1. The Balaban J connectivity index is 2.31. The van der Waals surface area contributed by atoms with Crippen LogP contribution in [0.1, 0.15) is 5.69 Å². The van der Waals surface area contributed by atoms with Crippen molar-refractivity contribution in [3.63, 3.8) is 0 Å². The molecule has 3 nitrogen and oxygen atoms in total. The molecule has 16 heavy (non-hydrogen) atoms. The number of rotatable bonds is 2. The minimum absolute atomic E-state index is 0.736. The SMILES string of the molecule is Cc1ncccc1Oc1ccc(N)cc1I. The number of anilines is 1. The van der Waals surface area contributed by atoms with Gasteiger partial charge in [-0.05, 0) is 59.8 Å². The van der Waals surface area contributed by atoms with Gasteiger partial charge in [-0.3, -0.25) is 4.98 Å². The van der Waals surface area contributed by atoms with E-state index in [0.29, 0.717) is 0 Å². The van der Waals surface area contributed by atoms with Crippen LogP contribution in [0.4, 0.5) is 5.69 Å². The van der Waals surface area contributed by atoms with E-state index in [1.54, 1.807) is 6.20 Å². The van der Waals surface area contributed by atoms with Crippen molar-refractivity contribution in [1.82, 2.24) is 4.98 Å². The molecular formula is C12H11IN2O. The zero-order chi connectivity index (χ0) is 11.5. The molecule has 0 aliphatic rings. The van der Waals surface area contributed by atoms with Crippen molar-refractivity contribution >= 4 is 28.3 Å². The van der Waals surface area contributed by atoms with Gasteiger partial charge in [-0.1, -0.05) is 0 Å².